The van der Waals surface area contributed by atoms with E-state index in [1.54, 1.807) is 47.4 Å². The molecule has 0 bridgehead atoms. The van der Waals surface area contributed by atoms with E-state index in [1.165, 1.54) is 24.3 Å². The lowest BCUT2D eigenvalue weighted by atomic mass is 10.0. The van der Waals surface area contributed by atoms with Gasteiger partial charge in [-0.15, -0.1) is 0 Å². The number of sulfonamides is 1. The van der Waals surface area contributed by atoms with Gasteiger partial charge in [0.15, 0.2) is 23.0 Å². The van der Waals surface area contributed by atoms with Crippen LogP contribution in [0.3, 0.4) is 0 Å². The first-order chi connectivity index (χ1) is 20.2. The lowest BCUT2D eigenvalue weighted by Gasteiger charge is -2.28. The number of hydrogen-bond donors (Lipinski definition) is 2. The first-order valence-electron chi connectivity index (χ1n) is 12.7. The summed E-state index contributed by atoms with van der Waals surface area (Å²) in [6.45, 7) is -0.961. The Labute approximate surface area is 239 Å². The largest absolute Gasteiger partial charge is 0.480 e. The number of anilines is 2. The molecule has 2 aliphatic rings. The quantitative estimate of drug-likeness (QED) is 0.277. The number of aliphatic carboxylic acids is 2. The molecule has 6 rings (SSSR count). The van der Waals surface area contributed by atoms with Crippen LogP contribution in [0.4, 0.5) is 11.4 Å². The van der Waals surface area contributed by atoms with Crippen LogP contribution in [0.1, 0.15) is 5.56 Å². The molecule has 13 heteroatoms. The molecule has 12 nitrogen and oxygen atoms in total. The third-order valence-electron chi connectivity index (χ3n) is 6.83. The van der Waals surface area contributed by atoms with E-state index in [0.29, 0.717) is 33.7 Å². The summed E-state index contributed by atoms with van der Waals surface area (Å²) in [7, 11) is -4.39. The lowest BCUT2D eigenvalue weighted by Crippen LogP contribution is -2.36. The Hall–Kier alpha value is -5.17. The predicted octanol–water partition coefficient (Wildman–Crippen LogP) is 3.67. The molecule has 0 amide bonds. The van der Waals surface area contributed by atoms with Crippen LogP contribution >= 0.6 is 0 Å². The van der Waals surface area contributed by atoms with Crippen molar-refractivity contribution in [2.45, 2.75) is 11.4 Å². The molecule has 4 aromatic carbocycles. The summed E-state index contributed by atoms with van der Waals surface area (Å²) in [5, 5.41) is 20.4. The highest BCUT2D eigenvalue weighted by Gasteiger charge is 2.31. The molecule has 2 heterocycles. The van der Waals surface area contributed by atoms with Crippen LogP contribution in [0.15, 0.2) is 77.7 Å². The normalized spacial score (nSPS) is 13.2. The summed E-state index contributed by atoms with van der Waals surface area (Å²) in [4.78, 5) is 25.3. The molecule has 0 unspecified atom stereocenters. The summed E-state index contributed by atoms with van der Waals surface area (Å²) in [5.41, 5.74) is 1.41. The molecule has 4 aromatic rings. The fraction of sp³-hybridized carbons (Fsp3) is 0.172. The minimum atomic E-state index is -4.39. The second-order valence-electron chi connectivity index (χ2n) is 9.51. The lowest BCUT2D eigenvalue weighted by molar-refractivity contribution is -0.136. The van der Waals surface area contributed by atoms with Crippen molar-refractivity contribution in [3.8, 4) is 23.0 Å². The van der Waals surface area contributed by atoms with E-state index in [1.807, 2.05) is 6.07 Å². The third kappa shape index (κ3) is 5.05. The highest BCUT2D eigenvalue weighted by atomic mass is 32.2. The molecule has 0 aromatic heterocycles. The fourth-order valence-electron chi connectivity index (χ4n) is 5.00. The molecular weight excluding hydrogens is 568 g/mol. The van der Waals surface area contributed by atoms with Crippen LogP contribution < -0.4 is 28.2 Å². The number of fused-ring (bicyclic) bond motifs is 3. The van der Waals surface area contributed by atoms with Crippen LogP contribution in [0.25, 0.3) is 10.8 Å². The van der Waals surface area contributed by atoms with Crippen molar-refractivity contribution >= 4 is 44.1 Å². The summed E-state index contributed by atoms with van der Waals surface area (Å²) in [6, 6.07) is 19.3. The average Bonchev–Trinajstić information content (AvgIpc) is 3.63. The summed E-state index contributed by atoms with van der Waals surface area (Å²) < 4.78 is 50.0. The minimum Gasteiger partial charge on any atom is -0.480 e. The van der Waals surface area contributed by atoms with Gasteiger partial charge in [0.25, 0.3) is 10.0 Å². The van der Waals surface area contributed by atoms with Crippen LogP contribution in [-0.4, -0.2) is 57.2 Å². The Morgan fingerprint density at radius 1 is 0.690 bits per heavy atom. The maximum Gasteiger partial charge on any atom is 0.324 e. The van der Waals surface area contributed by atoms with E-state index >= 15 is 0 Å². The van der Waals surface area contributed by atoms with Gasteiger partial charge >= 0.3 is 11.9 Å². The number of carboxylic acids is 2. The van der Waals surface area contributed by atoms with Gasteiger partial charge in [-0.05, 0) is 42.0 Å². The molecule has 2 aliphatic heterocycles. The van der Waals surface area contributed by atoms with Gasteiger partial charge in [-0.25, -0.2) is 8.42 Å². The fourth-order valence-corrected chi connectivity index (χ4v) is 6.45. The van der Waals surface area contributed by atoms with Crippen molar-refractivity contribution in [2.24, 2.45) is 0 Å². The van der Waals surface area contributed by atoms with E-state index in [-0.39, 0.29) is 43.0 Å². The Balaban J connectivity index is 1.44. The maximum absolute atomic E-state index is 13.9. The Morgan fingerprint density at radius 3 is 1.93 bits per heavy atom. The SMILES string of the molecule is O=C(O)CN(Cc1ccc2c(c1)OCO2)c1ccc(N(CC(=O)O)S(=O)(=O)c2ccc3c(c2)OCO3)c2ccccc12. The first kappa shape index (κ1) is 27.0. The Kier molecular flexibility index (Phi) is 6.86. The van der Waals surface area contributed by atoms with Crippen LogP contribution in [0.2, 0.25) is 0 Å². The standard InChI is InChI=1S/C29H24N2O10S/c32-28(33)14-30(13-18-5-9-24-26(11-18)40-16-38-24)22-7-8-23(21-4-2-1-3-20(21)22)31(15-29(34)35)42(36,37)19-6-10-25-27(12-19)41-17-39-25/h1-12H,13-17H2,(H,32,33)(H,34,35). The number of rotatable bonds is 10. The number of benzene rings is 4. The molecule has 0 fully saturated rings. The second kappa shape index (κ2) is 10.7. The predicted molar refractivity (Wildman–Crippen MR) is 150 cm³/mol. The number of ether oxygens (including phenoxy) is 4. The van der Waals surface area contributed by atoms with Gasteiger partial charge in [0.1, 0.15) is 13.1 Å². The monoisotopic (exact) mass is 592 g/mol. The van der Waals surface area contributed by atoms with E-state index in [9.17, 15) is 28.2 Å². The van der Waals surface area contributed by atoms with Gasteiger partial charge in [-0.2, -0.15) is 0 Å². The Bertz CT molecular complexity index is 1820. The zero-order valence-corrected chi connectivity index (χ0v) is 22.7. The first-order valence-corrected chi connectivity index (χ1v) is 14.2. The molecule has 42 heavy (non-hydrogen) atoms. The van der Waals surface area contributed by atoms with E-state index in [4.69, 9.17) is 18.9 Å². The molecule has 0 radical (unpaired) electrons. The highest BCUT2D eigenvalue weighted by molar-refractivity contribution is 7.92. The van der Waals surface area contributed by atoms with Crippen molar-refractivity contribution in [2.75, 3.05) is 35.9 Å². The van der Waals surface area contributed by atoms with Crippen molar-refractivity contribution < 1.29 is 47.2 Å². The van der Waals surface area contributed by atoms with Gasteiger partial charge in [0.05, 0.1) is 10.6 Å². The molecule has 216 valence electrons. The van der Waals surface area contributed by atoms with Crippen LogP contribution in [0.5, 0.6) is 23.0 Å². The van der Waals surface area contributed by atoms with Crippen molar-refractivity contribution in [3.05, 3.63) is 78.4 Å². The van der Waals surface area contributed by atoms with Crippen molar-refractivity contribution in [3.63, 3.8) is 0 Å². The zero-order chi connectivity index (χ0) is 29.4. The molecule has 0 aliphatic carbocycles. The number of nitrogens with zero attached hydrogens (tertiary/aromatic N) is 2. The number of carbonyl (C=O) groups is 2. The van der Waals surface area contributed by atoms with E-state index < -0.39 is 28.5 Å². The van der Waals surface area contributed by atoms with Gasteiger partial charge in [0, 0.05) is 29.1 Å². The molecular formula is C29H24N2O10S. The molecule has 0 spiro atoms. The highest BCUT2D eigenvalue weighted by Crippen LogP contribution is 2.40. The summed E-state index contributed by atoms with van der Waals surface area (Å²) >= 11 is 0. The van der Waals surface area contributed by atoms with Gasteiger partial charge < -0.3 is 34.1 Å². The average molecular weight is 593 g/mol. The van der Waals surface area contributed by atoms with E-state index in [0.717, 1.165) is 9.87 Å². The molecule has 0 atom stereocenters. The van der Waals surface area contributed by atoms with Crippen molar-refractivity contribution in [1.29, 1.82) is 0 Å². The van der Waals surface area contributed by atoms with Crippen LogP contribution in [0, 0.1) is 0 Å². The molecule has 0 saturated heterocycles. The minimum absolute atomic E-state index is 0.0527. The third-order valence-corrected chi connectivity index (χ3v) is 8.59. The topological polar surface area (TPSA) is 152 Å². The number of carboxylic acid groups (broad SMARTS) is 2. The maximum atomic E-state index is 13.9. The van der Waals surface area contributed by atoms with E-state index in [2.05, 4.69) is 0 Å². The smallest absolute Gasteiger partial charge is 0.324 e. The summed E-state index contributed by atoms with van der Waals surface area (Å²) in [5.74, 6) is -0.653. The van der Waals surface area contributed by atoms with Crippen LogP contribution in [-0.2, 0) is 26.2 Å². The second-order valence-corrected chi connectivity index (χ2v) is 11.4. The zero-order valence-electron chi connectivity index (χ0n) is 21.9. The van der Waals surface area contributed by atoms with Gasteiger partial charge in [-0.1, -0.05) is 30.3 Å². The molecule has 2 N–H and O–H groups in total. The van der Waals surface area contributed by atoms with Gasteiger partial charge in [0.2, 0.25) is 13.6 Å². The Morgan fingerprint density at radius 2 is 1.26 bits per heavy atom. The number of hydrogen-bond acceptors (Lipinski definition) is 9. The van der Waals surface area contributed by atoms with Gasteiger partial charge in [-0.3, -0.25) is 13.9 Å². The molecule has 0 saturated carbocycles. The van der Waals surface area contributed by atoms with Crippen molar-refractivity contribution in [1.82, 2.24) is 0 Å². The summed E-state index contributed by atoms with van der Waals surface area (Å²) in [6.07, 6.45) is 0.